The fraction of sp³-hybridized carbons (Fsp3) is 0.125. The van der Waals surface area contributed by atoms with Gasteiger partial charge in [-0.1, -0.05) is 23.9 Å². The average Bonchev–Trinajstić information content (AvgIpc) is 3.33. The molecule has 182 valence electrons. The minimum Gasteiger partial charge on any atom is -0.494 e. The van der Waals surface area contributed by atoms with E-state index in [0.717, 1.165) is 17.0 Å². The Labute approximate surface area is 210 Å². The van der Waals surface area contributed by atoms with Crippen LogP contribution < -0.4 is 10.2 Å². The largest absolute Gasteiger partial charge is 0.494 e. The molecular formula is C24H21N7O4S. The van der Waals surface area contributed by atoms with Crippen LogP contribution in [0.15, 0.2) is 83.3 Å². The van der Waals surface area contributed by atoms with Crippen molar-refractivity contribution in [1.82, 2.24) is 25.2 Å². The summed E-state index contributed by atoms with van der Waals surface area (Å²) in [6, 6.07) is 17.1. The van der Waals surface area contributed by atoms with Gasteiger partial charge in [0.25, 0.3) is 11.6 Å². The lowest BCUT2D eigenvalue weighted by atomic mass is 10.2. The van der Waals surface area contributed by atoms with Gasteiger partial charge in [0, 0.05) is 41.3 Å². The number of carbonyl (C=O) groups excluding carboxylic acids is 1. The van der Waals surface area contributed by atoms with Crippen LogP contribution in [0.4, 0.5) is 5.69 Å². The molecule has 2 heterocycles. The van der Waals surface area contributed by atoms with Gasteiger partial charge in [-0.25, -0.2) is 5.43 Å². The first-order chi connectivity index (χ1) is 17.5. The van der Waals surface area contributed by atoms with Crippen molar-refractivity contribution in [2.75, 3.05) is 12.4 Å². The van der Waals surface area contributed by atoms with Crippen LogP contribution in [-0.2, 0) is 4.79 Å². The number of benzene rings is 2. The molecule has 12 heteroatoms. The summed E-state index contributed by atoms with van der Waals surface area (Å²) in [7, 11) is 0. The molecule has 4 aromatic rings. The third-order valence-corrected chi connectivity index (χ3v) is 5.70. The number of carbonyl (C=O) groups is 1. The lowest BCUT2D eigenvalue weighted by Gasteiger charge is -2.11. The monoisotopic (exact) mass is 503 g/mol. The summed E-state index contributed by atoms with van der Waals surface area (Å²) in [6.07, 6.45) is 4.71. The second-order valence-corrected chi connectivity index (χ2v) is 8.19. The van der Waals surface area contributed by atoms with Crippen molar-refractivity contribution in [3.05, 3.63) is 88.7 Å². The number of nitro groups is 1. The Balaban J connectivity index is 1.49. The number of hydrazone groups is 1. The Hall–Kier alpha value is -4.58. The van der Waals surface area contributed by atoms with Crippen LogP contribution >= 0.6 is 11.8 Å². The number of aromatic nitrogens is 4. The van der Waals surface area contributed by atoms with Crippen LogP contribution in [0, 0.1) is 10.1 Å². The van der Waals surface area contributed by atoms with E-state index in [9.17, 15) is 14.9 Å². The van der Waals surface area contributed by atoms with Crippen molar-refractivity contribution in [3.8, 4) is 22.8 Å². The number of non-ortho nitro benzene ring substituents is 1. The van der Waals surface area contributed by atoms with Gasteiger partial charge in [0.1, 0.15) is 5.75 Å². The molecule has 0 radical (unpaired) electrons. The number of nitro benzene ring substituents is 1. The minimum absolute atomic E-state index is 0.0223. The van der Waals surface area contributed by atoms with E-state index in [1.54, 1.807) is 24.5 Å². The summed E-state index contributed by atoms with van der Waals surface area (Å²) in [6.45, 7) is 2.48. The fourth-order valence-electron chi connectivity index (χ4n) is 3.20. The van der Waals surface area contributed by atoms with Crippen molar-refractivity contribution in [2.24, 2.45) is 5.10 Å². The Morgan fingerprint density at radius 3 is 2.75 bits per heavy atom. The zero-order chi connectivity index (χ0) is 25.3. The molecular weight excluding hydrogens is 482 g/mol. The van der Waals surface area contributed by atoms with Crippen LogP contribution in [0.25, 0.3) is 17.1 Å². The van der Waals surface area contributed by atoms with Crippen molar-refractivity contribution in [1.29, 1.82) is 0 Å². The van der Waals surface area contributed by atoms with Crippen molar-refractivity contribution < 1.29 is 14.5 Å². The quantitative estimate of drug-likeness (QED) is 0.149. The Kier molecular flexibility index (Phi) is 7.98. The summed E-state index contributed by atoms with van der Waals surface area (Å²) < 4.78 is 7.38. The number of thioether (sulfide) groups is 1. The van der Waals surface area contributed by atoms with Gasteiger partial charge in [0.15, 0.2) is 11.0 Å². The molecule has 2 aromatic carbocycles. The van der Waals surface area contributed by atoms with Gasteiger partial charge in [-0.05, 0) is 43.3 Å². The SMILES string of the molecule is CCOc1ccc(-n2c(SCC(=O)N/N=C/c3cccc([N+](=O)[O-])c3)nnc2-c2cccnc2)cc1. The molecule has 0 saturated heterocycles. The summed E-state index contributed by atoms with van der Waals surface area (Å²) in [4.78, 5) is 26.9. The normalized spacial score (nSPS) is 10.9. The van der Waals surface area contributed by atoms with E-state index >= 15 is 0 Å². The van der Waals surface area contributed by atoms with Gasteiger partial charge in [0.05, 0.1) is 23.5 Å². The van der Waals surface area contributed by atoms with E-state index in [0.29, 0.717) is 23.2 Å². The van der Waals surface area contributed by atoms with Crippen LogP contribution in [0.1, 0.15) is 12.5 Å². The number of nitrogens with one attached hydrogen (secondary N) is 1. The van der Waals surface area contributed by atoms with E-state index in [1.165, 1.54) is 30.1 Å². The number of hydrogen-bond acceptors (Lipinski definition) is 9. The van der Waals surface area contributed by atoms with E-state index in [1.807, 2.05) is 47.9 Å². The maximum Gasteiger partial charge on any atom is 0.270 e. The molecule has 11 nitrogen and oxygen atoms in total. The lowest BCUT2D eigenvalue weighted by Crippen LogP contribution is -2.20. The zero-order valence-electron chi connectivity index (χ0n) is 19.1. The molecule has 1 amide bonds. The third kappa shape index (κ3) is 6.10. The molecule has 0 bridgehead atoms. The van der Waals surface area contributed by atoms with Crippen molar-refractivity contribution in [2.45, 2.75) is 12.1 Å². The summed E-state index contributed by atoms with van der Waals surface area (Å²) in [5.41, 5.74) is 4.44. The number of amides is 1. The van der Waals surface area contributed by atoms with Gasteiger partial charge in [-0.3, -0.25) is 24.5 Å². The zero-order valence-corrected chi connectivity index (χ0v) is 20.0. The molecule has 0 fully saturated rings. The van der Waals surface area contributed by atoms with Crippen LogP contribution in [0.3, 0.4) is 0 Å². The summed E-state index contributed by atoms with van der Waals surface area (Å²) >= 11 is 1.20. The molecule has 0 aliphatic carbocycles. The molecule has 0 atom stereocenters. The fourth-order valence-corrected chi connectivity index (χ4v) is 3.94. The van der Waals surface area contributed by atoms with E-state index < -0.39 is 4.92 Å². The summed E-state index contributed by atoms with van der Waals surface area (Å²) in [5.74, 6) is 0.978. The molecule has 0 unspecified atom stereocenters. The van der Waals surface area contributed by atoms with Gasteiger partial charge < -0.3 is 4.74 Å². The Bertz CT molecular complexity index is 1370. The average molecular weight is 504 g/mol. The van der Waals surface area contributed by atoms with Crippen molar-refractivity contribution >= 4 is 29.6 Å². The summed E-state index contributed by atoms with van der Waals surface area (Å²) in [5, 5.41) is 23.9. The van der Waals surface area contributed by atoms with E-state index in [2.05, 4.69) is 25.7 Å². The van der Waals surface area contributed by atoms with Gasteiger partial charge in [-0.2, -0.15) is 5.10 Å². The molecule has 0 spiro atoms. The van der Waals surface area contributed by atoms with E-state index in [4.69, 9.17) is 4.74 Å². The molecule has 1 N–H and O–H groups in total. The Morgan fingerprint density at radius 2 is 2.03 bits per heavy atom. The minimum atomic E-state index is -0.493. The van der Waals surface area contributed by atoms with Crippen LogP contribution in [-0.4, -0.2) is 49.2 Å². The lowest BCUT2D eigenvalue weighted by molar-refractivity contribution is -0.384. The van der Waals surface area contributed by atoms with E-state index in [-0.39, 0.29) is 17.3 Å². The first-order valence-corrected chi connectivity index (χ1v) is 11.8. The predicted octanol–water partition coefficient (Wildman–Crippen LogP) is 3.88. The second-order valence-electron chi connectivity index (χ2n) is 7.24. The van der Waals surface area contributed by atoms with Crippen molar-refractivity contribution in [3.63, 3.8) is 0 Å². The molecule has 0 aliphatic rings. The number of rotatable bonds is 10. The first-order valence-electron chi connectivity index (χ1n) is 10.8. The molecule has 0 aliphatic heterocycles. The maximum atomic E-state index is 12.4. The highest BCUT2D eigenvalue weighted by Gasteiger charge is 2.17. The smallest absolute Gasteiger partial charge is 0.270 e. The highest BCUT2D eigenvalue weighted by molar-refractivity contribution is 7.99. The highest BCUT2D eigenvalue weighted by Crippen LogP contribution is 2.28. The maximum absolute atomic E-state index is 12.4. The standard InChI is InChI=1S/C24H21N7O4S/c1-2-35-21-10-8-19(9-11-21)30-23(18-6-4-12-25-15-18)28-29-24(30)36-16-22(32)27-26-14-17-5-3-7-20(13-17)31(33)34/h3-15H,2,16H2,1H3,(H,27,32)/b26-14+. The molecule has 4 rings (SSSR count). The number of ether oxygens (including phenoxy) is 1. The Morgan fingerprint density at radius 1 is 1.19 bits per heavy atom. The number of pyridine rings is 1. The molecule has 2 aromatic heterocycles. The van der Waals surface area contributed by atoms with Crippen LogP contribution in [0.2, 0.25) is 0 Å². The number of hydrogen-bond donors (Lipinski definition) is 1. The third-order valence-electron chi connectivity index (χ3n) is 4.78. The van der Waals surface area contributed by atoms with Gasteiger partial charge in [-0.15, -0.1) is 10.2 Å². The van der Waals surface area contributed by atoms with Gasteiger partial charge >= 0.3 is 0 Å². The highest BCUT2D eigenvalue weighted by atomic mass is 32.2. The molecule has 0 saturated carbocycles. The van der Waals surface area contributed by atoms with Crippen LogP contribution in [0.5, 0.6) is 5.75 Å². The number of nitrogens with zero attached hydrogens (tertiary/aromatic N) is 6. The predicted molar refractivity (Wildman–Crippen MR) is 135 cm³/mol. The second kappa shape index (κ2) is 11.7. The van der Waals surface area contributed by atoms with Gasteiger partial charge in [0.2, 0.25) is 0 Å². The molecule has 36 heavy (non-hydrogen) atoms. The topological polar surface area (TPSA) is 137 Å². The first kappa shape index (κ1) is 24.5.